The van der Waals surface area contributed by atoms with Crippen molar-refractivity contribution < 1.29 is 95.7 Å². The Morgan fingerprint density at radius 1 is 0.548 bits per heavy atom. The fraction of sp³-hybridized carbons (Fsp3) is 0.143. The molecule has 0 amide bonds. The Hall–Kier alpha value is -1.14. The van der Waals surface area contributed by atoms with E-state index in [-0.39, 0.29) is 49.2 Å². The molecule has 17 heteroatoms. The first-order valence-electron chi connectivity index (χ1n) is 6.86. The van der Waals surface area contributed by atoms with Crippen molar-refractivity contribution in [3.8, 4) is 0 Å². The number of hydrogen-bond donors (Lipinski definition) is 2. The van der Waals surface area contributed by atoms with Crippen LogP contribution in [0.4, 0.5) is 0 Å². The summed E-state index contributed by atoms with van der Waals surface area (Å²) in [6, 6.07) is 20.4. The average Bonchev–Trinajstić information content (AvgIpc) is 2.54. The van der Waals surface area contributed by atoms with Crippen molar-refractivity contribution in [2.45, 2.75) is 13.1 Å². The predicted molar refractivity (Wildman–Crippen MR) is 107 cm³/mol. The van der Waals surface area contributed by atoms with Gasteiger partial charge in [0.15, 0.2) is 0 Å². The van der Waals surface area contributed by atoms with Gasteiger partial charge in [0.2, 0.25) is 0 Å². The van der Waals surface area contributed by atoms with Gasteiger partial charge in [0, 0.05) is 31.9 Å². The molecule has 180 valence electrons. The Bertz CT molecular complexity index is 709. The third-order valence-corrected chi connectivity index (χ3v) is 2.26. The van der Waals surface area contributed by atoms with Crippen molar-refractivity contribution in [3.63, 3.8) is 0 Å². The van der Waals surface area contributed by atoms with Gasteiger partial charge in [0.1, 0.15) is 0 Å². The van der Waals surface area contributed by atoms with Crippen LogP contribution in [0, 0.1) is 0 Å². The molecule has 31 heavy (non-hydrogen) atoms. The molecule has 0 bridgehead atoms. The molecule has 18 N–H and O–H groups in total. The maximum atomic E-state index is 8.52. The minimum absolute atomic E-state index is 0. The van der Waals surface area contributed by atoms with Crippen molar-refractivity contribution in [1.82, 2.24) is 0 Å². The van der Waals surface area contributed by atoms with Crippen LogP contribution >= 0.6 is 0 Å². The molecule has 0 radical (unpaired) electrons. The molecule has 2 aromatic rings. The molecule has 0 saturated heterocycles. The summed E-state index contributed by atoms with van der Waals surface area (Å²) in [5.41, 5.74) is 10.1. The molecule has 14 nitrogen and oxygen atoms in total. The van der Waals surface area contributed by atoms with E-state index in [1.54, 1.807) is 0 Å². The smallest absolute Gasteiger partial charge is 0.759 e. The summed E-state index contributed by atoms with van der Waals surface area (Å²) in [6.07, 6.45) is 0. The van der Waals surface area contributed by atoms with Gasteiger partial charge in [-0.3, -0.25) is 16.8 Å². The van der Waals surface area contributed by atoms with E-state index in [0.717, 1.165) is 13.1 Å². The summed E-state index contributed by atoms with van der Waals surface area (Å²) in [5, 5.41) is 0. The summed E-state index contributed by atoms with van der Waals surface area (Å²) < 4.78 is 68.2. The summed E-state index contributed by atoms with van der Waals surface area (Å²) >= 11 is 0. The van der Waals surface area contributed by atoms with E-state index >= 15 is 0 Å². The van der Waals surface area contributed by atoms with Gasteiger partial charge in [-0.25, -0.2) is 0 Å². The zero-order chi connectivity index (χ0) is 20.6. The molecule has 0 aliphatic rings. The minimum atomic E-state index is -5.17. The van der Waals surface area contributed by atoms with Gasteiger partial charge >= 0.3 is 27.3 Å². The topological polar surface area (TPSA) is 348 Å². The third kappa shape index (κ3) is 58.5. The van der Waals surface area contributed by atoms with Crippen LogP contribution in [0.1, 0.15) is 11.1 Å². The van der Waals surface area contributed by atoms with Gasteiger partial charge in [0.25, 0.3) is 0 Å². The summed E-state index contributed by atoms with van der Waals surface area (Å²) in [4.78, 5) is 0. The molecule has 2 aromatic carbocycles. The van der Waals surface area contributed by atoms with Crippen LogP contribution in [0.25, 0.3) is 0 Å². The summed E-state index contributed by atoms with van der Waals surface area (Å²) in [7, 11) is -10.3. The molecule has 0 aliphatic heterocycles. The largest absolute Gasteiger partial charge is 2.00 e. The van der Waals surface area contributed by atoms with E-state index in [4.69, 9.17) is 35.0 Å². The van der Waals surface area contributed by atoms with E-state index in [9.17, 15) is 0 Å². The Kier molecular flexibility index (Phi) is 41.3. The summed E-state index contributed by atoms with van der Waals surface area (Å²) in [5.74, 6) is 0. The van der Waals surface area contributed by atoms with Gasteiger partial charge < -0.3 is 51.6 Å². The van der Waals surface area contributed by atoms with E-state index < -0.39 is 20.8 Å². The fourth-order valence-electron chi connectivity index (χ4n) is 1.29. The third-order valence-electron chi connectivity index (χ3n) is 2.26. The van der Waals surface area contributed by atoms with E-state index in [1.165, 1.54) is 11.1 Å². The van der Waals surface area contributed by atoms with Gasteiger partial charge in [0.05, 0.1) is 13.1 Å². The van der Waals surface area contributed by atoms with Crippen molar-refractivity contribution in [2.75, 3.05) is 0 Å². The molecule has 0 aliphatic carbocycles. The molecule has 0 spiro atoms. The molecule has 0 fully saturated rings. The maximum Gasteiger partial charge on any atom is 2.00 e. The second-order valence-electron chi connectivity index (χ2n) is 4.29. The quantitative estimate of drug-likeness (QED) is 0.145. The molecule has 0 aromatic heterocycles. The van der Waals surface area contributed by atoms with Gasteiger partial charge in [-0.05, 0) is 0 Å². The van der Waals surface area contributed by atoms with Crippen LogP contribution < -0.4 is 11.5 Å². The van der Waals surface area contributed by atoms with Crippen molar-refractivity contribution in [1.29, 1.82) is 0 Å². The molecular formula is C14H32CdN2O12S2+4. The van der Waals surface area contributed by atoms with Gasteiger partial charge in [-0.1, -0.05) is 60.7 Å². The number of hydrogen-bond acceptors (Lipinski definition) is 8. The first kappa shape index (κ1) is 47.6. The molecule has 0 atom stereocenters. The zero-order valence-corrected chi connectivity index (χ0v) is 22.4. The first-order chi connectivity index (χ1) is 11.9. The summed E-state index contributed by atoms with van der Waals surface area (Å²) in [6.45, 7) is 1.78. The van der Waals surface area contributed by atoms with E-state index in [1.807, 2.05) is 36.4 Å². The van der Waals surface area contributed by atoms with Gasteiger partial charge in [-0.2, -0.15) is 0 Å². The Balaban J connectivity index is -0.0000000482. The van der Waals surface area contributed by atoms with Crippen LogP contribution in [0.2, 0.25) is 0 Å². The van der Waals surface area contributed by atoms with Crippen molar-refractivity contribution >= 4 is 20.8 Å². The number of benzene rings is 2. The van der Waals surface area contributed by atoms with E-state index in [0.29, 0.717) is 0 Å². The number of quaternary nitrogens is 2. The number of rotatable bonds is 2. The van der Waals surface area contributed by atoms with Crippen LogP contribution in [-0.4, -0.2) is 35.0 Å². The first-order valence-corrected chi connectivity index (χ1v) is 9.53. The second kappa shape index (κ2) is 26.9. The molecule has 0 saturated carbocycles. The van der Waals surface area contributed by atoms with Crippen LogP contribution in [0.15, 0.2) is 60.7 Å². The maximum absolute atomic E-state index is 8.52. The molecule has 0 heterocycles. The molecule has 0 unspecified atom stereocenters. The molecule has 2 rings (SSSR count). The average molecular weight is 597 g/mol. The van der Waals surface area contributed by atoms with Crippen molar-refractivity contribution in [2.24, 2.45) is 0 Å². The second-order valence-corrected chi connectivity index (χ2v) is 5.92. The zero-order valence-electron chi connectivity index (χ0n) is 16.7. The Morgan fingerprint density at radius 3 is 0.806 bits per heavy atom. The normalized spacial score (nSPS) is 8.45. The van der Waals surface area contributed by atoms with Crippen LogP contribution in [0.3, 0.4) is 0 Å². The fourth-order valence-corrected chi connectivity index (χ4v) is 1.29. The predicted octanol–water partition coefficient (Wildman–Crippen LogP) is -5.51. The standard InChI is InChI=1S/2C7H9N.Cd.2H2O4S.4H2O/c2*8-6-7-4-2-1-3-5-7;;2*1-5(2,3)4;;;;/h2*1-5H,6,8H2;;2*(H2,1,2,3,4);4*1H2/q;;+2;;;;;;/p+2. The van der Waals surface area contributed by atoms with Crippen molar-refractivity contribution in [3.05, 3.63) is 71.8 Å². The SMILES string of the molecule is O=S(=O)([O-])[O-].O=S(=O)([O-])[O-].[Cd+2].[NH3+]Cc1ccccc1.[NH3+]Cc1ccccc1.[OH3+].[OH3+].[OH3+].[OH3+]. The Labute approximate surface area is 200 Å². The Morgan fingerprint density at radius 2 is 0.710 bits per heavy atom. The molecular weight excluding hydrogens is 565 g/mol. The monoisotopic (exact) mass is 598 g/mol. The van der Waals surface area contributed by atoms with Gasteiger partial charge in [-0.15, -0.1) is 0 Å². The van der Waals surface area contributed by atoms with Crippen LogP contribution in [0.5, 0.6) is 0 Å². The minimum Gasteiger partial charge on any atom is -0.759 e. The van der Waals surface area contributed by atoms with Crippen LogP contribution in [-0.2, 0) is 83.1 Å². The van der Waals surface area contributed by atoms with E-state index in [2.05, 4.69) is 35.7 Å².